The quantitative estimate of drug-likeness (QED) is 0.687. The summed E-state index contributed by atoms with van der Waals surface area (Å²) in [5, 5.41) is 0.773. The second-order valence-corrected chi connectivity index (χ2v) is 10.7. The average Bonchev–Trinajstić information content (AvgIpc) is 3.62. The molecule has 0 radical (unpaired) electrons. The highest BCUT2D eigenvalue weighted by atomic mass is 32.2. The minimum Gasteiger partial charge on any atom is -0.376 e. The first-order valence-electron chi connectivity index (χ1n) is 11.4. The third-order valence-corrected chi connectivity index (χ3v) is 8.56. The van der Waals surface area contributed by atoms with Crippen LogP contribution >= 0.6 is 11.9 Å². The van der Waals surface area contributed by atoms with Gasteiger partial charge in [-0.05, 0) is 89.0 Å². The zero-order valence-electron chi connectivity index (χ0n) is 17.1. The maximum atomic E-state index is 13.0. The van der Waals surface area contributed by atoms with Crippen molar-refractivity contribution in [3.05, 3.63) is 33.7 Å². The number of aryl methyl sites for hydroxylation is 2. The van der Waals surface area contributed by atoms with Crippen molar-refractivity contribution >= 4 is 11.9 Å². The molecule has 1 aliphatic heterocycles. The molecule has 3 aliphatic carbocycles. The fourth-order valence-electron chi connectivity index (χ4n) is 5.16. The van der Waals surface area contributed by atoms with Crippen molar-refractivity contribution in [3.63, 3.8) is 0 Å². The van der Waals surface area contributed by atoms with Gasteiger partial charge in [-0.15, -0.1) is 0 Å². The molecular formula is C23H34N2O2S. The van der Waals surface area contributed by atoms with E-state index in [9.17, 15) is 4.79 Å². The van der Waals surface area contributed by atoms with Crippen molar-refractivity contribution in [1.82, 2.24) is 9.29 Å². The predicted molar refractivity (Wildman–Crippen MR) is 115 cm³/mol. The van der Waals surface area contributed by atoms with E-state index in [0.717, 1.165) is 35.5 Å². The monoisotopic (exact) mass is 402 g/mol. The zero-order chi connectivity index (χ0) is 19.1. The van der Waals surface area contributed by atoms with Crippen molar-refractivity contribution in [2.45, 2.75) is 94.6 Å². The second kappa shape index (κ2) is 8.16. The van der Waals surface area contributed by atoms with Gasteiger partial charge < -0.3 is 9.30 Å². The molecule has 0 aromatic carbocycles. The molecule has 1 aromatic heterocycles. The van der Waals surface area contributed by atoms with Gasteiger partial charge in [-0.25, -0.2) is 0 Å². The van der Waals surface area contributed by atoms with Crippen LogP contribution in [-0.4, -0.2) is 28.6 Å². The van der Waals surface area contributed by atoms with Crippen molar-refractivity contribution < 1.29 is 4.74 Å². The number of ether oxygens (including phenoxy) is 1. The van der Waals surface area contributed by atoms with Crippen LogP contribution in [0.2, 0.25) is 0 Å². The van der Waals surface area contributed by atoms with Crippen LogP contribution in [0.15, 0.2) is 16.9 Å². The summed E-state index contributed by atoms with van der Waals surface area (Å²) in [6.45, 7) is 2.60. The summed E-state index contributed by atoms with van der Waals surface area (Å²) in [6, 6.07) is 4.57. The first kappa shape index (κ1) is 19.2. The van der Waals surface area contributed by atoms with Crippen molar-refractivity contribution in [2.24, 2.45) is 11.8 Å². The highest BCUT2D eigenvalue weighted by Gasteiger charge is 2.36. The maximum absolute atomic E-state index is 13.0. The van der Waals surface area contributed by atoms with Crippen LogP contribution in [0, 0.1) is 18.8 Å². The standard InChI is InChI=1S/C23H34N2O2S/c1-15-2-7-18-8-13-21(24-28-20-11-12-20)22(25(18)23(15)26)14-27-19-9-5-17(6-10-19)16-3-4-16/h2,7,16-17,19-22,24H,3-6,8-14H2,1H3. The molecule has 0 spiro atoms. The molecule has 0 amide bonds. The molecule has 2 heterocycles. The molecule has 2 unspecified atom stereocenters. The number of fused-ring (bicyclic) bond motifs is 1. The number of hydrogen-bond acceptors (Lipinski definition) is 4. The zero-order valence-corrected chi connectivity index (χ0v) is 17.9. The van der Waals surface area contributed by atoms with E-state index in [1.54, 1.807) is 0 Å². The number of nitrogens with one attached hydrogen (secondary N) is 1. The van der Waals surface area contributed by atoms with Gasteiger partial charge in [0.05, 0.1) is 18.8 Å². The molecule has 3 fully saturated rings. The van der Waals surface area contributed by atoms with Crippen LogP contribution in [0.25, 0.3) is 0 Å². The van der Waals surface area contributed by atoms with Crippen molar-refractivity contribution in [2.75, 3.05) is 6.61 Å². The van der Waals surface area contributed by atoms with Crippen molar-refractivity contribution in [1.29, 1.82) is 0 Å². The number of aromatic nitrogens is 1. The van der Waals surface area contributed by atoms with Gasteiger partial charge in [-0.3, -0.25) is 9.52 Å². The van der Waals surface area contributed by atoms with Gasteiger partial charge in [0.25, 0.3) is 5.56 Å². The summed E-state index contributed by atoms with van der Waals surface area (Å²) >= 11 is 1.89. The Hall–Kier alpha value is -0.780. The highest BCUT2D eigenvalue weighted by Crippen LogP contribution is 2.44. The fraction of sp³-hybridized carbons (Fsp3) is 0.783. The summed E-state index contributed by atoms with van der Waals surface area (Å²) in [7, 11) is 0. The van der Waals surface area contributed by atoms with Gasteiger partial charge >= 0.3 is 0 Å². The Morgan fingerprint density at radius 3 is 2.43 bits per heavy atom. The van der Waals surface area contributed by atoms with Crippen molar-refractivity contribution in [3.8, 4) is 0 Å². The van der Waals surface area contributed by atoms with E-state index in [4.69, 9.17) is 4.74 Å². The number of nitrogens with zero attached hydrogens (tertiary/aromatic N) is 1. The minimum atomic E-state index is 0.114. The molecule has 4 nitrogen and oxygen atoms in total. The van der Waals surface area contributed by atoms with E-state index >= 15 is 0 Å². The Labute approximate surface area is 172 Å². The summed E-state index contributed by atoms with van der Waals surface area (Å²) in [5.41, 5.74) is 2.19. The Balaban J connectivity index is 1.27. The fourth-order valence-corrected chi connectivity index (χ4v) is 6.18. The lowest BCUT2D eigenvalue weighted by atomic mass is 9.84. The van der Waals surface area contributed by atoms with Crippen LogP contribution in [-0.2, 0) is 11.2 Å². The molecule has 2 atom stereocenters. The molecule has 154 valence electrons. The Kier molecular flexibility index (Phi) is 5.59. The van der Waals surface area contributed by atoms with Gasteiger partial charge in [0.15, 0.2) is 0 Å². The smallest absolute Gasteiger partial charge is 0.254 e. The largest absolute Gasteiger partial charge is 0.376 e. The van der Waals surface area contributed by atoms with Gasteiger partial charge in [0.1, 0.15) is 0 Å². The van der Waals surface area contributed by atoms with E-state index in [2.05, 4.69) is 15.4 Å². The summed E-state index contributed by atoms with van der Waals surface area (Å²) in [6.07, 6.45) is 13.1. The maximum Gasteiger partial charge on any atom is 0.254 e. The van der Waals surface area contributed by atoms with Crippen LogP contribution in [0.1, 0.15) is 75.1 Å². The number of pyridine rings is 1. The summed E-state index contributed by atoms with van der Waals surface area (Å²) in [5.74, 6) is 1.99. The molecule has 0 bridgehead atoms. The first-order chi connectivity index (χ1) is 13.7. The topological polar surface area (TPSA) is 43.3 Å². The van der Waals surface area contributed by atoms with E-state index < -0.39 is 0 Å². The van der Waals surface area contributed by atoms with Gasteiger partial charge in [0.2, 0.25) is 0 Å². The SMILES string of the molecule is Cc1ccc2n(c1=O)C(COC1CCC(C3CC3)CC1)C(NSC1CC1)CC2. The lowest BCUT2D eigenvalue weighted by Crippen LogP contribution is -2.46. The number of hydrogen-bond donors (Lipinski definition) is 1. The molecule has 1 aromatic rings. The Morgan fingerprint density at radius 2 is 1.75 bits per heavy atom. The summed E-state index contributed by atoms with van der Waals surface area (Å²) < 4.78 is 12.2. The molecule has 3 saturated carbocycles. The Morgan fingerprint density at radius 1 is 1.04 bits per heavy atom. The van der Waals surface area contributed by atoms with Crippen LogP contribution < -0.4 is 10.3 Å². The predicted octanol–water partition coefficient (Wildman–Crippen LogP) is 4.40. The lowest BCUT2D eigenvalue weighted by Gasteiger charge is -2.37. The second-order valence-electron chi connectivity index (χ2n) is 9.54. The van der Waals surface area contributed by atoms with Gasteiger partial charge in [-0.1, -0.05) is 18.0 Å². The van der Waals surface area contributed by atoms with Crippen LogP contribution in [0.3, 0.4) is 0 Å². The number of rotatable bonds is 7. The van der Waals surface area contributed by atoms with E-state index in [0.29, 0.717) is 18.8 Å². The molecule has 5 rings (SSSR count). The average molecular weight is 403 g/mol. The molecule has 0 saturated heterocycles. The molecular weight excluding hydrogens is 368 g/mol. The third kappa shape index (κ3) is 4.22. The van der Waals surface area contributed by atoms with E-state index in [-0.39, 0.29) is 11.6 Å². The normalized spacial score (nSPS) is 32.9. The minimum absolute atomic E-state index is 0.114. The molecule has 1 N–H and O–H groups in total. The first-order valence-corrected chi connectivity index (χ1v) is 12.3. The third-order valence-electron chi connectivity index (χ3n) is 7.32. The molecule has 28 heavy (non-hydrogen) atoms. The van der Waals surface area contributed by atoms with Crippen LogP contribution in [0.4, 0.5) is 0 Å². The van der Waals surface area contributed by atoms with E-state index in [1.165, 1.54) is 57.1 Å². The lowest BCUT2D eigenvalue weighted by molar-refractivity contribution is -0.00823. The Bertz CT molecular complexity index is 747. The summed E-state index contributed by atoms with van der Waals surface area (Å²) in [4.78, 5) is 13.0. The van der Waals surface area contributed by atoms with Crippen LogP contribution in [0.5, 0.6) is 0 Å². The van der Waals surface area contributed by atoms with E-state index in [1.807, 2.05) is 24.9 Å². The molecule has 4 aliphatic rings. The highest BCUT2D eigenvalue weighted by molar-refractivity contribution is 7.98. The van der Waals surface area contributed by atoms with Gasteiger partial charge in [0, 0.05) is 22.5 Å². The van der Waals surface area contributed by atoms with Gasteiger partial charge in [-0.2, -0.15) is 0 Å². The molecule has 5 heteroatoms.